The van der Waals surface area contributed by atoms with Crippen molar-refractivity contribution in [1.29, 1.82) is 5.26 Å². The predicted molar refractivity (Wildman–Crippen MR) is 111 cm³/mol. The molecule has 0 fully saturated rings. The van der Waals surface area contributed by atoms with Crippen molar-refractivity contribution < 1.29 is 4.74 Å². The molecule has 0 saturated heterocycles. The smallest absolute Gasteiger partial charge is 0.262 e. The number of hydrogen-bond acceptors (Lipinski definition) is 5. The summed E-state index contributed by atoms with van der Waals surface area (Å²) in [5.74, 6) is 0.710. The molecule has 146 valence electrons. The molecule has 0 aliphatic rings. The quantitative estimate of drug-likeness (QED) is 0.336. The summed E-state index contributed by atoms with van der Waals surface area (Å²) >= 11 is 7.58. The molecule has 0 aliphatic heterocycles. The van der Waals surface area contributed by atoms with Crippen LogP contribution in [-0.2, 0) is 11.3 Å². The summed E-state index contributed by atoms with van der Waals surface area (Å²) in [5, 5.41) is 11.0. The maximum Gasteiger partial charge on any atom is 0.262 e. The van der Waals surface area contributed by atoms with Crippen LogP contribution >= 0.6 is 23.4 Å². The van der Waals surface area contributed by atoms with Crippen LogP contribution in [0.4, 0.5) is 0 Å². The Balaban J connectivity index is 2.28. The lowest BCUT2D eigenvalue weighted by atomic mass is 9.93. The minimum atomic E-state index is -0.399. The first-order valence-corrected chi connectivity index (χ1v) is 10.5. The second-order valence-electron chi connectivity index (χ2n) is 7.38. The van der Waals surface area contributed by atoms with Gasteiger partial charge in [0, 0.05) is 23.9 Å². The van der Waals surface area contributed by atoms with Crippen LogP contribution in [0.3, 0.4) is 0 Å². The van der Waals surface area contributed by atoms with Gasteiger partial charge in [-0.25, -0.2) is 4.98 Å². The monoisotopic (exact) mass is 407 g/mol. The molecule has 0 amide bonds. The van der Waals surface area contributed by atoms with Crippen LogP contribution in [0, 0.1) is 16.7 Å². The molecule has 0 spiro atoms. The molecule has 2 aromatic rings. The summed E-state index contributed by atoms with van der Waals surface area (Å²) in [7, 11) is 0. The lowest BCUT2D eigenvalue weighted by Crippen LogP contribution is -2.24. The molecule has 1 heterocycles. The zero-order chi connectivity index (χ0) is 20.0. The van der Waals surface area contributed by atoms with Crippen LogP contribution < -0.4 is 5.56 Å². The van der Waals surface area contributed by atoms with Gasteiger partial charge in [0.15, 0.2) is 5.16 Å². The molecule has 0 bridgehead atoms. The molecule has 0 saturated carbocycles. The molecule has 1 aromatic carbocycles. The second kappa shape index (κ2) is 9.59. The molecule has 7 heteroatoms. The maximum absolute atomic E-state index is 13.0. The fourth-order valence-corrected chi connectivity index (χ4v) is 3.93. The highest BCUT2D eigenvalue weighted by Crippen LogP contribution is 2.26. The van der Waals surface area contributed by atoms with Gasteiger partial charge in [0.1, 0.15) is 0 Å². The SMILES string of the molecule is CC(C)OCCCn1c(SCCC(C)(C)C#N)nc2cc(Cl)ccc2c1=O. The standard InChI is InChI=1S/C20H26ClN3O2S/c1-14(2)26-10-5-9-24-18(25)16-7-6-15(21)12-17(16)23-19(24)27-11-8-20(3,4)13-22/h6-7,12,14H,5,8-11H2,1-4H3. The van der Waals surface area contributed by atoms with Crippen molar-refractivity contribution in [3.05, 3.63) is 33.6 Å². The number of rotatable bonds is 9. The third-order valence-electron chi connectivity index (χ3n) is 4.12. The van der Waals surface area contributed by atoms with Gasteiger partial charge < -0.3 is 4.74 Å². The van der Waals surface area contributed by atoms with E-state index in [-0.39, 0.29) is 11.7 Å². The van der Waals surface area contributed by atoms with Gasteiger partial charge in [0.2, 0.25) is 0 Å². The van der Waals surface area contributed by atoms with E-state index in [0.29, 0.717) is 46.4 Å². The Hall–Kier alpha value is -1.55. The van der Waals surface area contributed by atoms with Gasteiger partial charge in [-0.2, -0.15) is 5.26 Å². The van der Waals surface area contributed by atoms with Crippen molar-refractivity contribution in [2.75, 3.05) is 12.4 Å². The summed E-state index contributed by atoms with van der Waals surface area (Å²) in [6.07, 6.45) is 1.62. The summed E-state index contributed by atoms with van der Waals surface area (Å²) in [6, 6.07) is 7.46. The summed E-state index contributed by atoms with van der Waals surface area (Å²) in [6.45, 7) is 8.95. The van der Waals surface area contributed by atoms with E-state index in [2.05, 4.69) is 11.1 Å². The van der Waals surface area contributed by atoms with E-state index in [1.807, 2.05) is 27.7 Å². The first kappa shape index (κ1) is 21.7. The molecule has 0 atom stereocenters. The highest BCUT2D eigenvalue weighted by molar-refractivity contribution is 7.99. The van der Waals surface area contributed by atoms with Crippen molar-refractivity contribution in [2.45, 2.75) is 58.3 Å². The normalized spacial score (nSPS) is 11.9. The minimum Gasteiger partial charge on any atom is -0.379 e. The number of thioether (sulfide) groups is 1. The summed E-state index contributed by atoms with van der Waals surface area (Å²) in [5.41, 5.74) is 0.135. The van der Waals surface area contributed by atoms with E-state index in [1.54, 1.807) is 22.8 Å². The molecule has 0 N–H and O–H groups in total. The van der Waals surface area contributed by atoms with Crippen molar-refractivity contribution in [1.82, 2.24) is 9.55 Å². The Morgan fingerprint density at radius 1 is 1.41 bits per heavy atom. The zero-order valence-corrected chi connectivity index (χ0v) is 17.9. The minimum absolute atomic E-state index is 0.0664. The van der Waals surface area contributed by atoms with Crippen molar-refractivity contribution in [3.63, 3.8) is 0 Å². The molecule has 27 heavy (non-hydrogen) atoms. The van der Waals surface area contributed by atoms with Gasteiger partial charge in [0.25, 0.3) is 5.56 Å². The van der Waals surface area contributed by atoms with E-state index in [9.17, 15) is 10.1 Å². The number of nitriles is 1. The summed E-state index contributed by atoms with van der Waals surface area (Å²) < 4.78 is 7.30. The van der Waals surface area contributed by atoms with E-state index in [4.69, 9.17) is 16.3 Å². The number of ether oxygens (including phenoxy) is 1. The zero-order valence-electron chi connectivity index (χ0n) is 16.3. The maximum atomic E-state index is 13.0. The Bertz CT molecular complexity index is 887. The second-order valence-corrected chi connectivity index (χ2v) is 8.88. The first-order valence-electron chi connectivity index (χ1n) is 9.09. The van der Waals surface area contributed by atoms with Crippen LogP contribution in [0.15, 0.2) is 28.2 Å². The molecule has 0 aliphatic carbocycles. The number of hydrogen-bond donors (Lipinski definition) is 0. The number of halogens is 1. The fourth-order valence-electron chi connectivity index (χ4n) is 2.48. The van der Waals surface area contributed by atoms with Crippen molar-refractivity contribution in [2.24, 2.45) is 5.41 Å². The van der Waals surface area contributed by atoms with Crippen LogP contribution in [0.5, 0.6) is 0 Å². The molecule has 0 unspecified atom stereocenters. The van der Waals surface area contributed by atoms with Crippen LogP contribution in [-0.4, -0.2) is 28.0 Å². The van der Waals surface area contributed by atoms with Gasteiger partial charge in [-0.05, 0) is 58.7 Å². The third-order valence-corrected chi connectivity index (χ3v) is 5.33. The molecule has 1 aromatic heterocycles. The average Bonchev–Trinajstić information content (AvgIpc) is 2.60. The highest BCUT2D eigenvalue weighted by Gasteiger charge is 2.18. The lowest BCUT2D eigenvalue weighted by Gasteiger charge is -2.16. The molecule has 0 radical (unpaired) electrons. The average molecular weight is 408 g/mol. The van der Waals surface area contributed by atoms with Gasteiger partial charge in [0.05, 0.1) is 28.5 Å². The van der Waals surface area contributed by atoms with E-state index in [1.165, 1.54) is 11.8 Å². The van der Waals surface area contributed by atoms with E-state index >= 15 is 0 Å². The summed E-state index contributed by atoms with van der Waals surface area (Å²) in [4.78, 5) is 17.7. The third kappa shape index (κ3) is 6.24. The van der Waals surface area contributed by atoms with Crippen LogP contribution in [0.25, 0.3) is 10.9 Å². The molecule has 2 rings (SSSR count). The molecule has 5 nitrogen and oxygen atoms in total. The van der Waals surface area contributed by atoms with Gasteiger partial charge >= 0.3 is 0 Å². The largest absolute Gasteiger partial charge is 0.379 e. The number of nitrogens with zero attached hydrogens (tertiary/aromatic N) is 3. The molecular formula is C20H26ClN3O2S. The van der Waals surface area contributed by atoms with Gasteiger partial charge in [-0.3, -0.25) is 9.36 Å². The van der Waals surface area contributed by atoms with Gasteiger partial charge in [-0.15, -0.1) is 0 Å². The molecular weight excluding hydrogens is 382 g/mol. The Morgan fingerprint density at radius 3 is 2.81 bits per heavy atom. The van der Waals surface area contributed by atoms with Crippen LogP contribution in [0.2, 0.25) is 5.02 Å². The van der Waals surface area contributed by atoms with Gasteiger partial charge in [-0.1, -0.05) is 23.4 Å². The van der Waals surface area contributed by atoms with E-state index in [0.717, 1.165) is 6.42 Å². The fraction of sp³-hybridized carbons (Fsp3) is 0.550. The number of aromatic nitrogens is 2. The van der Waals surface area contributed by atoms with Crippen molar-refractivity contribution >= 4 is 34.3 Å². The Kier molecular flexibility index (Phi) is 7.72. The number of benzene rings is 1. The topological polar surface area (TPSA) is 67.9 Å². The predicted octanol–water partition coefficient (Wildman–Crippen LogP) is 4.90. The van der Waals surface area contributed by atoms with Crippen LogP contribution in [0.1, 0.15) is 40.5 Å². The van der Waals surface area contributed by atoms with E-state index < -0.39 is 5.41 Å². The lowest BCUT2D eigenvalue weighted by molar-refractivity contribution is 0.0743. The van der Waals surface area contributed by atoms with Crippen molar-refractivity contribution in [3.8, 4) is 6.07 Å². The number of fused-ring (bicyclic) bond motifs is 1. The Morgan fingerprint density at radius 2 is 2.15 bits per heavy atom. The highest BCUT2D eigenvalue weighted by atomic mass is 35.5. The Labute approximate surface area is 169 Å². The first-order chi connectivity index (χ1) is 12.7.